The lowest BCUT2D eigenvalue weighted by Gasteiger charge is -2.42. The third kappa shape index (κ3) is 16.4. The van der Waals surface area contributed by atoms with Crippen molar-refractivity contribution in [2.45, 2.75) is 105 Å². The third-order valence-corrected chi connectivity index (χ3v) is 6.99. The molecular formula is C28H52NO6+. The maximum atomic E-state index is 11.6. The van der Waals surface area contributed by atoms with Gasteiger partial charge in [-0.3, -0.25) is 14.4 Å². The number of carboxylic acids is 3. The summed E-state index contributed by atoms with van der Waals surface area (Å²) in [4.78, 5) is 34.7. The van der Waals surface area contributed by atoms with E-state index in [2.05, 4.69) is 19.1 Å². The lowest BCUT2D eigenvalue weighted by Crippen LogP contribution is -2.57. The molecule has 0 aliphatic rings. The molecule has 0 aliphatic carbocycles. The molecule has 0 aromatic heterocycles. The second kappa shape index (κ2) is 19.3. The summed E-state index contributed by atoms with van der Waals surface area (Å²) >= 11 is 0. The topological polar surface area (TPSA) is 112 Å². The standard InChI is InChI=1S/C28H51NO6/c1-5-6-7-8-9-10-11-12-13-14-15-16-17-18-19-29(20-23(2)26(30)31,21-24(3)27(32)33)22-25(4)28(34)35/h5-6,23-25H,7-22H2,1-4H3,(H2-,30,31,32,33,34,35)/p+1/b6-5+. The van der Waals surface area contributed by atoms with Gasteiger partial charge in [0.25, 0.3) is 0 Å². The molecule has 0 aromatic rings. The molecule has 0 fully saturated rings. The fourth-order valence-corrected chi connectivity index (χ4v) is 4.94. The number of quaternary nitrogens is 1. The summed E-state index contributed by atoms with van der Waals surface area (Å²) in [6, 6.07) is 0. The zero-order valence-corrected chi connectivity index (χ0v) is 22.7. The molecule has 0 aliphatic heterocycles. The van der Waals surface area contributed by atoms with E-state index in [9.17, 15) is 29.7 Å². The van der Waals surface area contributed by atoms with Crippen LogP contribution >= 0.6 is 0 Å². The Morgan fingerprint density at radius 2 is 0.914 bits per heavy atom. The van der Waals surface area contributed by atoms with E-state index in [4.69, 9.17) is 0 Å². The normalized spacial score (nSPS) is 16.0. The van der Waals surface area contributed by atoms with Crippen LogP contribution in [0.25, 0.3) is 0 Å². The van der Waals surface area contributed by atoms with Gasteiger partial charge in [0.15, 0.2) is 0 Å². The van der Waals surface area contributed by atoms with Gasteiger partial charge in [-0.2, -0.15) is 0 Å². The number of rotatable bonds is 23. The first-order valence-electron chi connectivity index (χ1n) is 13.7. The fraction of sp³-hybridized carbons (Fsp3) is 0.821. The zero-order valence-electron chi connectivity index (χ0n) is 22.7. The predicted octanol–water partition coefficient (Wildman–Crippen LogP) is 6.22. The van der Waals surface area contributed by atoms with Gasteiger partial charge in [0.1, 0.15) is 17.8 Å². The van der Waals surface area contributed by atoms with Crippen LogP contribution in [0.4, 0.5) is 0 Å². The SMILES string of the molecule is C/C=C/CCCCCCCCCCCCC[N+](CC(C)C(=O)O)(CC(C)C(=O)O)CC(C)C(=O)O. The minimum atomic E-state index is -0.934. The van der Waals surface area contributed by atoms with Crippen molar-refractivity contribution in [3.63, 3.8) is 0 Å². The molecular weight excluding hydrogens is 446 g/mol. The molecule has 35 heavy (non-hydrogen) atoms. The van der Waals surface area contributed by atoms with Gasteiger partial charge in [-0.05, 0) is 53.4 Å². The number of allylic oxidation sites excluding steroid dienone is 2. The van der Waals surface area contributed by atoms with Gasteiger partial charge in [-0.15, -0.1) is 0 Å². The van der Waals surface area contributed by atoms with E-state index in [0.717, 1.165) is 19.3 Å². The second-order valence-electron chi connectivity index (χ2n) is 10.6. The first-order valence-corrected chi connectivity index (χ1v) is 13.7. The number of carboxylic acid groups (broad SMARTS) is 3. The van der Waals surface area contributed by atoms with Gasteiger partial charge in [0, 0.05) is 0 Å². The van der Waals surface area contributed by atoms with E-state index in [1.54, 1.807) is 20.8 Å². The Hall–Kier alpha value is -1.89. The number of unbranched alkanes of at least 4 members (excludes halogenated alkanes) is 11. The molecule has 3 atom stereocenters. The highest BCUT2D eigenvalue weighted by atomic mass is 16.4. The van der Waals surface area contributed by atoms with Crippen molar-refractivity contribution >= 4 is 17.9 Å². The van der Waals surface area contributed by atoms with E-state index < -0.39 is 35.7 Å². The molecule has 204 valence electrons. The lowest BCUT2D eigenvalue weighted by atomic mass is 10.00. The van der Waals surface area contributed by atoms with E-state index >= 15 is 0 Å². The molecule has 3 unspecified atom stereocenters. The van der Waals surface area contributed by atoms with Gasteiger partial charge in [0.2, 0.25) is 0 Å². The average Bonchev–Trinajstić information content (AvgIpc) is 2.78. The van der Waals surface area contributed by atoms with Gasteiger partial charge in [-0.25, -0.2) is 0 Å². The van der Waals surface area contributed by atoms with Crippen molar-refractivity contribution in [1.82, 2.24) is 0 Å². The number of aliphatic carboxylic acids is 3. The first-order chi connectivity index (χ1) is 16.5. The summed E-state index contributed by atoms with van der Waals surface area (Å²) in [6.45, 7) is 8.28. The molecule has 0 aromatic carbocycles. The van der Waals surface area contributed by atoms with Crippen molar-refractivity contribution < 1.29 is 34.2 Å². The minimum absolute atomic E-state index is 0.225. The highest BCUT2D eigenvalue weighted by Gasteiger charge is 2.38. The van der Waals surface area contributed by atoms with Crippen molar-refractivity contribution in [2.24, 2.45) is 17.8 Å². The van der Waals surface area contributed by atoms with Crippen molar-refractivity contribution in [3.05, 3.63) is 12.2 Å². The summed E-state index contributed by atoms with van der Waals surface area (Å²) in [5, 5.41) is 28.4. The number of carbonyl (C=O) groups is 3. The highest BCUT2D eigenvalue weighted by molar-refractivity contribution is 5.70. The predicted molar refractivity (Wildman–Crippen MR) is 140 cm³/mol. The number of hydrogen-bond acceptors (Lipinski definition) is 3. The summed E-state index contributed by atoms with van der Waals surface area (Å²) in [5.74, 6) is -4.80. The van der Waals surface area contributed by atoms with Crippen LogP contribution in [0.15, 0.2) is 12.2 Å². The monoisotopic (exact) mass is 498 g/mol. The van der Waals surface area contributed by atoms with Crippen LogP contribution in [-0.4, -0.2) is 63.9 Å². The number of hydrogen-bond donors (Lipinski definition) is 3. The molecule has 0 saturated carbocycles. The molecule has 0 rings (SSSR count). The largest absolute Gasteiger partial charge is 0.481 e. The van der Waals surface area contributed by atoms with Crippen LogP contribution in [0.1, 0.15) is 105 Å². The maximum absolute atomic E-state index is 11.6. The van der Waals surface area contributed by atoms with E-state index in [1.165, 1.54) is 57.8 Å². The molecule has 0 heterocycles. The molecule has 7 nitrogen and oxygen atoms in total. The average molecular weight is 499 g/mol. The third-order valence-electron chi connectivity index (χ3n) is 6.99. The van der Waals surface area contributed by atoms with Crippen LogP contribution in [0.5, 0.6) is 0 Å². The van der Waals surface area contributed by atoms with Crippen LogP contribution in [-0.2, 0) is 14.4 Å². The summed E-state index contributed by atoms with van der Waals surface area (Å²) in [7, 11) is 0. The van der Waals surface area contributed by atoms with Crippen LogP contribution < -0.4 is 0 Å². The Morgan fingerprint density at radius 3 is 1.23 bits per heavy atom. The summed E-state index contributed by atoms with van der Waals surface area (Å²) in [5.41, 5.74) is 0. The quantitative estimate of drug-likeness (QED) is 0.0875. The Labute approximate surface area is 213 Å². The number of nitrogens with zero attached hydrogens (tertiary/aromatic N) is 1. The van der Waals surface area contributed by atoms with Crippen LogP contribution in [0, 0.1) is 17.8 Å². The molecule has 3 N–H and O–H groups in total. The smallest absolute Gasteiger partial charge is 0.311 e. The van der Waals surface area contributed by atoms with Gasteiger partial charge in [0.05, 0.1) is 26.2 Å². The molecule has 0 spiro atoms. The lowest BCUT2D eigenvalue weighted by molar-refractivity contribution is -0.934. The molecule has 7 heteroatoms. The Kier molecular flexibility index (Phi) is 18.3. The van der Waals surface area contributed by atoms with Crippen LogP contribution in [0.2, 0.25) is 0 Å². The van der Waals surface area contributed by atoms with Crippen molar-refractivity contribution in [3.8, 4) is 0 Å². The molecule has 0 radical (unpaired) electrons. The van der Waals surface area contributed by atoms with E-state index in [1.807, 2.05) is 0 Å². The van der Waals surface area contributed by atoms with Gasteiger partial charge in [-0.1, -0.05) is 63.5 Å². The Morgan fingerprint density at radius 1 is 0.600 bits per heavy atom. The second-order valence-corrected chi connectivity index (χ2v) is 10.6. The molecule has 0 saturated heterocycles. The summed E-state index contributed by atoms with van der Waals surface area (Å²) in [6.07, 6.45) is 18.6. The van der Waals surface area contributed by atoms with Gasteiger partial charge < -0.3 is 19.8 Å². The van der Waals surface area contributed by atoms with Crippen molar-refractivity contribution in [2.75, 3.05) is 26.2 Å². The van der Waals surface area contributed by atoms with Crippen LogP contribution in [0.3, 0.4) is 0 Å². The Bertz CT molecular complexity index is 578. The maximum Gasteiger partial charge on any atom is 0.311 e. The molecule has 0 amide bonds. The van der Waals surface area contributed by atoms with E-state index in [-0.39, 0.29) is 24.1 Å². The van der Waals surface area contributed by atoms with E-state index in [0.29, 0.717) is 6.54 Å². The van der Waals surface area contributed by atoms with Crippen molar-refractivity contribution in [1.29, 1.82) is 0 Å². The minimum Gasteiger partial charge on any atom is -0.481 e. The van der Waals surface area contributed by atoms with Gasteiger partial charge >= 0.3 is 17.9 Å². The zero-order chi connectivity index (χ0) is 26.7. The summed E-state index contributed by atoms with van der Waals surface area (Å²) < 4.78 is 0.225. The first kappa shape index (κ1) is 33.1. The Balaban J connectivity index is 4.63. The molecule has 0 bridgehead atoms. The fourth-order valence-electron chi connectivity index (χ4n) is 4.94. The highest BCUT2D eigenvalue weighted by Crippen LogP contribution is 2.22.